The van der Waals surface area contributed by atoms with Crippen LogP contribution >= 0.6 is 11.6 Å². The largest absolute Gasteiger partial charge is 0.496 e. The van der Waals surface area contributed by atoms with E-state index in [-0.39, 0.29) is 0 Å². The molecule has 4 heteroatoms. The minimum Gasteiger partial charge on any atom is -0.496 e. The van der Waals surface area contributed by atoms with Crippen LogP contribution in [-0.4, -0.2) is 12.3 Å². The predicted octanol–water partition coefficient (Wildman–Crippen LogP) is 3.15. The number of hydrogen-bond acceptors (Lipinski definition) is 2. The summed E-state index contributed by atoms with van der Waals surface area (Å²) in [5.74, 6) is 0.444. The van der Waals surface area contributed by atoms with Gasteiger partial charge < -0.3 is 4.74 Å². The molecule has 92 valence electrons. The van der Waals surface area contributed by atoms with Gasteiger partial charge in [-0.15, -0.1) is 0 Å². The molecular weight excluding hydrogens is 250 g/mol. The molecule has 0 bridgehead atoms. The molecule has 0 unspecified atom stereocenters. The minimum absolute atomic E-state index is 0.408. The summed E-state index contributed by atoms with van der Waals surface area (Å²) in [5, 5.41) is 10.4. The van der Waals surface area contributed by atoms with Gasteiger partial charge in [0, 0.05) is 4.73 Å². The number of methoxy groups -OCH3 is 1. The Morgan fingerprint density at radius 1 is 1.33 bits per heavy atom. The summed E-state index contributed by atoms with van der Waals surface area (Å²) in [6.45, 7) is 3.81. The second kappa shape index (κ2) is 5.10. The second-order valence-corrected chi connectivity index (χ2v) is 4.19. The Morgan fingerprint density at radius 3 is 2.61 bits per heavy atom. The molecule has 0 fully saturated rings. The maximum atomic E-state index is 10.0. The van der Waals surface area contributed by atoms with Gasteiger partial charge in [-0.3, -0.25) is 5.21 Å². The van der Waals surface area contributed by atoms with Crippen molar-refractivity contribution in [2.24, 2.45) is 0 Å². The molecule has 3 nitrogen and oxygen atoms in total. The molecule has 1 aromatic carbocycles. The standard InChI is InChI=1S/C14H13ClNO2/c1-10(18-2)13-8-12(15)9-16(17)14(13)11-6-4-3-5-7-11/h3-9,17H,1H2,2H3/q+1. The fourth-order valence-corrected chi connectivity index (χ4v) is 1.96. The molecule has 2 rings (SSSR count). The van der Waals surface area contributed by atoms with Crippen LogP contribution < -0.4 is 4.73 Å². The first kappa shape index (κ1) is 12.5. The van der Waals surface area contributed by atoms with Crippen LogP contribution in [0.3, 0.4) is 0 Å². The van der Waals surface area contributed by atoms with Crippen molar-refractivity contribution >= 4 is 17.4 Å². The third-order valence-corrected chi connectivity index (χ3v) is 2.81. The molecule has 18 heavy (non-hydrogen) atoms. The molecule has 0 amide bonds. The van der Waals surface area contributed by atoms with E-state index in [1.165, 1.54) is 13.3 Å². The van der Waals surface area contributed by atoms with Gasteiger partial charge in [0.05, 0.1) is 18.2 Å². The summed E-state index contributed by atoms with van der Waals surface area (Å²) in [5.41, 5.74) is 2.09. The summed E-state index contributed by atoms with van der Waals surface area (Å²) in [6, 6.07) is 11.2. The van der Waals surface area contributed by atoms with Gasteiger partial charge in [0.1, 0.15) is 10.8 Å². The highest BCUT2D eigenvalue weighted by molar-refractivity contribution is 6.30. The van der Waals surface area contributed by atoms with Crippen LogP contribution in [0.25, 0.3) is 17.0 Å². The molecule has 1 aromatic heterocycles. The van der Waals surface area contributed by atoms with Gasteiger partial charge in [-0.25, -0.2) is 0 Å². The number of nitrogens with zero attached hydrogens (tertiary/aromatic N) is 1. The van der Waals surface area contributed by atoms with Crippen LogP contribution in [0.5, 0.6) is 0 Å². The van der Waals surface area contributed by atoms with Crippen molar-refractivity contribution in [3.05, 3.63) is 59.8 Å². The fraction of sp³-hybridized carbons (Fsp3) is 0.0714. The molecule has 0 spiro atoms. The quantitative estimate of drug-likeness (QED) is 0.524. The number of hydrogen-bond donors (Lipinski definition) is 1. The molecule has 0 saturated heterocycles. The number of rotatable bonds is 3. The van der Waals surface area contributed by atoms with E-state index >= 15 is 0 Å². The molecule has 2 aromatic rings. The van der Waals surface area contributed by atoms with Crippen molar-refractivity contribution in [2.45, 2.75) is 0 Å². The Balaban J connectivity index is 2.69. The van der Waals surface area contributed by atoms with Crippen LogP contribution in [0.15, 0.2) is 49.2 Å². The van der Waals surface area contributed by atoms with Crippen molar-refractivity contribution < 1.29 is 14.7 Å². The maximum Gasteiger partial charge on any atom is 0.275 e. The molecule has 0 saturated carbocycles. The Morgan fingerprint density at radius 2 is 2.00 bits per heavy atom. The molecule has 1 heterocycles. The fourth-order valence-electron chi connectivity index (χ4n) is 1.75. The normalized spacial score (nSPS) is 10.1. The molecular formula is C14H13ClNO2+. The first-order valence-electron chi connectivity index (χ1n) is 5.36. The van der Waals surface area contributed by atoms with Crippen molar-refractivity contribution in [3.63, 3.8) is 0 Å². The third-order valence-electron chi connectivity index (χ3n) is 2.61. The van der Waals surface area contributed by atoms with Crippen LogP contribution in [0.2, 0.25) is 5.02 Å². The topological polar surface area (TPSA) is 33.3 Å². The Labute approximate surface area is 110 Å². The summed E-state index contributed by atoms with van der Waals surface area (Å²) in [4.78, 5) is 0. The zero-order chi connectivity index (χ0) is 13.1. The number of aromatic nitrogens is 1. The average molecular weight is 263 g/mol. The Hall–Kier alpha value is -2.00. The predicted molar refractivity (Wildman–Crippen MR) is 70.3 cm³/mol. The highest BCUT2D eigenvalue weighted by atomic mass is 35.5. The van der Waals surface area contributed by atoms with Gasteiger partial charge in [0.15, 0.2) is 0 Å². The van der Waals surface area contributed by atoms with E-state index in [4.69, 9.17) is 16.3 Å². The lowest BCUT2D eigenvalue weighted by Crippen LogP contribution is -2.33. The van der Waals surface area contributed by atoms with Crippen LogP contribution in [0.4, 0.5) is 0 Å². The van der Waals surface area contributed by atoms with E-state index in [1.807, 2.05) is 30.3 Å². The number of halogens is 1. The van der Waals surface area contributed by atoms with Gasteiger partial charge >= 0.3 is 0 Å². The monoisotopic (exact) mass is 262 g/mol. The molecule has 0 atom stereocenters. The highest BCUT2D eigenvalue weighted by Gasteiger charge is 2.22. The van der Waals surface area contributed by atoms with Crippen molar-refractivity contribution in [1.29, 1.82) is 0 Å². The van der Waals surface area contributed by atoms with Crippen molar-refractivity contribution in [1.82, 2.24) is 0 Å². The summed E-state index contributed by atoms with van der Waals surface area (Å²) in [6.07, 6.45) is 1.43. The Bertz CT molecular complexity index is 582. The number of benzene rings is 1. The third kappa shape index (κ3) is 2.31. The average Bonchev–Trinajstić information content (AvgIpc) is 2.38. The lowest BCUT2D eigenvalue weighted by atomic mass is 10.0. The van der Waals surface area contributed by atoms with Crippen molar-refractivity contribution in [2.75, 3.05) is 7.11 Å². The Kier molecular flexibility index (Phi) is 3.53. The van der Waals surface area contributed by atoms with E-state index in [2.05, 4.69) is 6.58 Å². The van der Waals surface area contributed by atoms with E-state index < -0.39 is 0 Å². The van der Waals surface area contributed by atoms with Gasteiger partial charge in [-0.2, -0.15) is 0 Å². The van der Waals surface area contributed by atoms with Gasteiger partial charge in [-0.1, -0.05) is 36.4 Å². The first-order valence-corrected chi connectivity index (χ1v) is 5.74. The lowest BCUT2D eigenvalue weighted by molar-refractivity contribution is -0.896. The molecule has 1 N–H and O–H groups in total. The molecule has 0 radical (unpaired) electrons. The second-order valence-electron chi connectivity index (χ2n) is 3.76. The van der Waals surface area contributed by atoms with Gasteiger partial charge in [0.2, 0.25) is 6.20 Å². The van der Waals surface area contributed by atoms with Crippen LogP contribution in [0.1, 0.15) is 5.56 Å². The zero-order valence-electron chi connectivity index (χ0n) is 9.93. The smallest absolute Gasteiger partial charge is 0.275 e. The zero-order valence-corrected chi connectivity index (χ0v) is 10.7. The van der Waals surface area contributed by atoms with E-state index in [9.17, 15) is 5.21 Å². The summed E-state index contributed by atoms with van der Waals surface area (Å²) >= 11 is 5.93. The molecule has 0 aliphatic rings. The van der Waals surface area contributed by atoms with Crippen LogP contribution in [0, 0.1) is 0 Å². The van der Waals surface area contributed by atoms with Gasteiger partial charge in [0.25, 0.3) is 5.69 Å². The lowest BCUT2D eigenvalue weighted by Gasteiger charge is -2.07. The maximum absolute atomic E-state index is 10.0. The molecule has 0 aliphatic heterocycles. The SMILES string of the molecule is C=C(OC)c1cc(Cl)c[n+](O)c1-c1ccccc1. The van der Waals surface area contributed by atoms with Gasteiger partial charge in [-0.05, 0) is 18.2 Å². The minimum atomic E-state index is 0.408. The summed E-state index contributed by atoms with van der Waals surface area (Å²) < 4.78 is 6.11. The summed E-state index contributed by atoms with van der Waals surface area (Å²) in [7, 11) is 1.53. The van der Waals surface area contributed by atoms with Crippen LogP contribution in [-0.2, 0) is 4.74 Å². The van der Waals surface area contributed by atoms with Crippen molar-refractivity contribution in [3.8, 4) is 11.3 Å². The number of pyridine rings is 1. The molecule has 0 aliphatic carbocycles. The van der Waals surface area contributed by atoms with E-state index in [0.29, 0.717) is 22.0 Å². The highest BCUT2D eigenvalue weighted by Crippen LogP contribution is 2.27. The van der Waals surface area contributed by atoms with E-state index in [0.717, 1.165) is 10.3 Å². The first-order chi connectivity index (χ1) is 8.63. The number of ether oxygens (including phenoxy) is 1. The van der Waals surface area contributed by atoms with E-state index in [1.54, 1.807) is 6.07 Å².